The molecule has 0 fully saturated rings. The molecular weight excluding hydrogens is 318 g/mol. The van der Waals surface area contributed by atoms with Crippen LogP contribution in [0.3, 0.4) is 0 Å². The van der Waals surface area contributed by atoms with Gasteiger partial charge in [-0.3, -0.25) is 0 Å². The Morgan fingerprint density at radius 3 is 2.22 bits per heavy atom. The van der Waals surface area contributed by atoms with E-state index in [0.717, 1.165) is 0 Å². The molecule has 2 aromatic carbocycles. The third-order valence-electron chi connectivity index (χ3n) is 2.77. The molecule has 0 atom stereocenters. The van der Waals surface area contributed by atoms with Crippen LogP contribution in [0.2, 0.25) is 5.02 Å². The van der Waals surface area contributed by atoms with E-state index in [1.54, 1.807) is 48.5 Å². The van der Waals surface area contributed by atoms with Crippen molar-refractivity contribution in [1.82, 2.24) is 0 Å². The minimum absolute atomic E-state index is 0.114. The molecule has 0 bridgehead atoms. The van der Waals surface area contributed by atoms with Crippen LogP contribution in [0.5, 0.6) is 11.5 Å². The Labute approximate surface area is 139 Å². The van der Waals surface area contributed by atoms with Crippen molar-refractivity contribution in [1.29, 1.82) is 5.26 Å². The monoisotopic (exact) mass is 331 g/mol. The van der Waals surface area contributed by atoms with E-state index in [0.29, 0.717) is 22.1 Å². The van der Waals surface area contributed by atoms with E-state index in [-0.39, 0.29) is 19.8 Å². The highest BCUT2D eigenvalue weighted by Crippen LogP contribution is 2.15. The third kappa shape index (κ3) is 5.89. The van der Waals surface area contributed by atoms with Crippen LogP contribution in [0.1, 0.15) is 5.56 Å². The first-order chi connectivity index (χ1) is 11.2. The molecule has 0 saturated carbocycles. The van der Waals surface area contributed by atoms with E-state index in [4.69, 9.17) is 31.1 Å². The Kier molecular flexibility index (Phi) is 6.28. The van der Waals surface area contributed by atoms with Gasteiger partial charge in [0.2, 0.25) is 0 Å². The summed E-state index contributed by atoms with van der Waals surface area (Å²) in [5.74, 6) is 0.668. The quantitative estimate of drug-likeness (QED) is 0.575. The summed E-state index contributed by atoms with van der Waals surface area (Å²) < 4.78 is 15.6. The van der Waals surface area contributed by atoms with Crippen molar-refractivity contribution in [3.8, 4) is 17.6 Å². The number of nitriles is 1. The van der Waals surface area contributed by atoms with Gasteiger partial charge < -0.3 is 14.2 Å². The highest BCUT2D eigenvalue weighted by Gasteiger charge is 2.04. The SMILES string of the molecule is N#Cc1ccc(OCCOC(=O)COc2ccc(Cl)cc2)cc1. The van der Waals surface area contributed by atoms with Crippen LogP contribution in [0.15, 0.2) is 48.5 Å². The fraction of sp³-hybridized carbons (Fsp3) is 0.176. The van der Waals surface area contributed by atoms with Crippen LogP contribution in [0.4, 0.5) is 0 Å². The average molecular weight is 332 g/mol. The number of rotatable bonds is 7. The van der Waals surface area contributed by atoms with E-state index < -0.39 is 5.97 Å². The number of hydrogen-bond donors (Lipinski definition) is 0. The Balaban J connectivity index is 1.62. The number of benzene rings is 2. The van der Waals surface area contributed by atoms with Gasteiger partial charge in [0.1, 0.15) is 24.7 Å². The van der Waals surface area contributed by atoms with E-state index in [1.807, 2.05) is 6.07 Å². The molecular formula is C17H14ClNO4. The Hall–Kier alpha value is -2.71. The van der Waals surface area contributed by atoms with Crippen LogP contribution in [0, 0.1) is 11.3 Å². The van der Waals surface area contributed by atoms with Gasteiger partial charge in [-0.1, -0.05) is 11.6 Å². The second-order valence-corrected chi connectivity index (χ2v) is 4.88. The van der Waals surface area contributed by atoms with Gasteiger partial charge in [0.15, 0.2) is 6.61 Å². The lowest BCUT2D eigenvalue weighted by atomic mass is 10.2. The molecule has 0 unspecified atom stereocenters. The second-order valence-electron chi connectivity index (χ2n) is 4.45. The minimum Gasteiger partial charge on any atom is -0.490 e. The van der Waals surface area contributed by atoms with E-state index in [9.17, 15) is 4.79 Å². The van der Waals surface area contributed by atoms with Crippen molar-refractivity contribution in [2.45, 2.75) is 0 Å². The normalized spacial score (nSPS) is 9.74. The molecule has 0 N–H and O–H groups in total. The molecule has 0 saturated heterocycles. The summed E-state index contributed by atoms with van der Waals surface area (Å²) >= 11 is 5.75. The van der Waals surface area contributed by atoms with Crippen LogP contribution in [0.25, 0.3) is 0 Å². The van der Waals surface area contributed by atoms with Gasteiger partial charge in [0, 0.05) is 5.02 Å². The maximum absolute atomic E-state index is 11.5. The lowest BCUT2D eigenvalue weighted by Crippen LogP contribution is -2.18. The third-order valence-corrected chi connectivity index (χ3v) is 3.02. The molecule has 0 heterocycles. The van der Waals surface area contributed by atoms with Gasteiger partial charge in [-0.2, -0.15) is 5.26 Å². The fourth-order valence-corrected chi connectivity index (χ4v) is 1.78. The highest BCUT2D eigenvalue weighted by molar-refractivity contribution is 6.30. The molecule has 5 nitrogen and oxygen atoms in total. The molecule has 0 radical (unpaired) electrons. The van der Waals surface area contributed by atoms with Crippen LogP contribution in [-0.2, 0) is 9.53 Å². The first kappa shape index (κ1) is 16.7. The van der Waals surface area contributed by atoms with Crippen LogP contribution >= 0.6 is 11.6 Å². The first-order valence-corrected chi connectivity index (χ1v) is 7.22. The molecule has 6 heteroatoms. The molecule has 0 amide bonds. The lowest BCUT2D eigenvalue weighted by Gasteiger charge is -2.08. The van der Waals surface area contributed by atoms with Crippen molar-refractivity contribution < 1.29 is 19.0 Å². The number of halogens is 1. The molecule has 2 aromatic rings. The van der Waals surface area contributed by atoms with Gasteiger partial charge in [-0.05, 0) is 48.5 Å². The lowest BCUT2D eigenvalue weighted by molar-refractivity contribution is -0.146. The topological polar surface area (TPSA) is 68.5 Å². The number of nitrogens with zero attached hydrogens (tertiary/aromatic N) is 1. The summed E-state index contributed by atoms with van der Waals surface area (Å²) in [4.78, 5) is 11.5. The summed E-state index contributed by atoms with van der Waals surface area (Å²) in [6, 6.07) is 15.4. The van der Waals surface area contributed by atoms with E-state index >= 15 is 0 Å². The Bertz CT molecular complexity index is 677. The molecule has 23 heavy (non-hydrogen) atoms. The van der Waals surface area contributed by atoms with Gasteiger partial charge in [-0.15, -0.1) is 0 Å². The molecule has 0 spiro atoms. The smallest absolute Gasteiger partial charge is 0.344 e. The van der Waals surface area contributed by atoms with Gasteiger partial charge in [0.25, 0.3) is 0 Å². The standard InChI is InChI=1S/C17H14ClNO4/c18-14-3-7-16(8-4-14)23-12-17(20)22-10-9-21-15-5-1-13(11-19)2-6-15/h1-8H,9-10,12H2. The van der Waals surface area contributed by atoms with Crippen LogP contribution in [-0.4, -0.2) is 25.8 Å². The van der Waals surface area contributed by atoms with Crippen molar-refractivity contribution in [2.24, 2.45) is 0 Å². The molecule has 0 aliphatic rings. The molecule has 0 aromatic heterocycles. The van der Waals surface area contributed by atoms with Crippen LogP contribution < -0.4 is 9.47 Å². The van der Waals surface area contributed by atoms with E-state index in [2.05, 4.69) is 0 Å². The number of carbonyl (C=O) groups excluding carboxylic acids is 1. The van der Waals surface area contributed by atoms with Gasteiger partial charge >= 0.3 is 5.97 Å². The largest absolute Gasteiger partial charge is 0.490 e. The Morgan fingerprint density at radius 1 is 0.957 bits per heavy atom. The predicted octanol–water partition coefficient (Wildman–Crippen LogP) is 3.21. The highest BCUT2D eigenvalue weighted by atomic mass is 35.5. The first-order valence-electron chi connectivity index (χ1n) is 6.84. The van der Waals surface area contributed by atoms with E-state index in [1.165, 1.54) is 0 Å². The summed E-state index contributed by atoms with van der Waals surface area (Å²) in [5, 5.41) is 9.28. The fourth-order valence-electron chi connectivity index (χ4n) is 1.66. The zero-order valence-corrected chi connectivity index (χ0v) is 13.0. The zero-order valence-electron chi connectivity index (χ0n) is 12.2. The minimum atomic E-state index is -0.483. The van der Waals surface area contributed by atoms with Gasteiger partial charge in [-0.25, -0.2) is 4.79 Å². The number of hydrogen-bond acceptors (Lipinski definition) is 5. The number of carbonyl (C=O) groups is 1. The van der Waals surface area contributed by atoms with Crippen molar-refractivity contribution in [3.63, 3.8) is 0 Å². The molecule has 0 aliphatic heterocycles. The summed E-state index contributed by atoms with van der Waals surface area (Å²) in [6.45, 7) is 0.153. The second kappa shape index (κ2) is 8.66. The molecule has 2 rings (SSSR count). The summed E-state index contributed by atoms with van der Waals surface area (Å²) in [7, 11) is 0. The van der Waals surface area contributed by atoms with Crippen molar-refractivity contribution in [2.75, 3.05) is 19.8 Å². The summed E-state index contributed by atoms with van der Waals surface area (Å²) in [5.41, 5.74) is 0.558. The average Bonchev–Trinajstić information content (AvgIpc) is 2.59. The Morgan fingerprint density at radius 2 is 1.57 bits per heavy atom. The zero-order chi connectivity index (χ0) is 16.5. The van der Waals surface area contributed by atoms with Crippen molar-refractivity contribution in [3.05, 3.63) is 59.1 Å². The maximum Gasteiger partial charge on any atom is 0.344 e. The molecule has 118 valence electrons. The molecule has 0 aliphatic carbocycles. The number of esters is 1. The predicted molar refractivity (Wildman–Crippen MR) is 84.6 cm³/mol. The van der Waals surface area contributed by atoms with Gasteiger partial charge in [0.05, 0.1) is 11.6 Å². The van der Waals surface area contributed by atoms with Crippen molar-refractivity contribution >= 4 is 17.6 Å². The number of ether oxygens (including phenoxy) is 3. The maximum atomic E-state index is 11.5. The summed E-state index contributed by atoms with van der Waals surface area (Å²) in [6.07, 6.45) is 0.